The van der Waals surface area contributed by atoms with Gasteiger partial charge in [-0.2, -0.15) is 0 Å². The van der Waals surface area contributed by atoms with Gasteiger partial charge in [-0.3, -0.25) is 14.4 Å². The average Bonchev–Trinajstić information content (AvgIpc) is 3.01. The van der Waals surface area contributed by atoms with Crippen LogP contribution in [-0.2, 0) is 33.3 Å². The zero-order chi connectivity index (χ0) is 16.1. The van der Waals surface area contributed by atoms with Crippen LogP contribution in [-0.4, -0.2) is 60.6 Å². The molecule has 0 amide bonds. The average molecular weight is 316 g/mol. The maximum absolute atomic E-state index is 11.6. The van der Waals surface area contributed by atoms with Gasteiger partial charge in [0.1, 0.15) is 12.2 Å². The topological polar surface area (TPSA) is 108 Å². The highest BCUT2D eigenvalue weighted by Crippen LogP contribution is 2.31. The molecular formula is C14H20O8. The Balaban J connectivity index is 1.81. The largest absolute Gasteiger partial charge is 0.481 e. The Kier molecular flexibility index (Phi) is 5.73. The second-order valence-corrected chi connectivity index (χ2v) is 5.30. The molecule has 124 valence electrons. The summed E-state index contributed by atoms with van der Waals surface area (Å²) in [5, 5.41) is 8.53. The first kappa shape index (κ1) is 16.7. The molecule has 0 bridgehead atoms. The third-order valence-electron chi connectivity index (χ3n) is 3.53. The van der Waals surface area contributed by atoms with E-state index in [4.69, 9.17) is 24.1 Å². The molecule has 0 aromatic carbocycles. The molecule has 4 atom stereocenters. The quantitative estimate of drug-likeness (QED) is 0.667. The molecule has 22 heavy (non-hydrogen) atoms. The van der Waals surface area contributed by atoms with Gasteiger partial charge < -0.3 is 24.1 Å². The Bertz CT molecular complexity index is 435. The van der Waals surface area contributed by atoms with Crippen molar-refractivity contribution in [2.24, 2.45) is 0 Å². The lowest BCUT2D eigenvalue weighted by Crippen LogP contribution is -2.36. The number of rotatable bonds is 7. The summed E-state index contributed by atoms with van der Waals surface area (Å²) in [7, 11) is 0. The van der Waals surface area contributed by atoms with Crippen LogP contribution in [0.15, 0.2) is 0 Å². The Hall–Kier alpha value is -1.67. The molecule has 0 aromatic heterocycles. The lowest BCUT2D eigenvalue weighted by atomic mass is 10.1. The van der Waals surface area contributed by atoms with Gasteiger partial charge in [-0.25, -0.2) is 0 Å². The molecule has 0 aliphatic carbocycles. The van der Waals surface area contributed by atoms with Crippen LogP contribution in [0.25, 0.3) is 0 Å². The van der Waals surface area contributed by atoms with Crippen LogP contribution in [0, 0.1) is 0 Å². The zero-order valence-electron chi connectivity index (χ0n) is 12.4. The standard InChI is InChI=1S/C14H20O8/c1-2-3-11(17)21-8-6-19-14-9(7-20-13(8)14)22-12(18)5-4-10(15)16/h8-9,13-14H,2-7H2,1H3,(H,15,16)/t8-,9-,13+,14+/m0/s1. The van der Waals surface area contributed by atoms with Crippen LogP contribution in [0.5, 0.6) is 0 Å². The normalized spacial score (nSPS) is 29.9. The second kappa shape index (κ2) is 7.55. The van der Waals surface area contributed by atoms with E-state index in [0.29, 0.717) is 12.8 Å². The summed E-state index contributed by atoms with van der Waals surface area (Å²) in [6, 6.07) is 0. The van der Waals surface area contributed by atoms with Gasteiger partial charge in [-0.1, -0.05) is 6.92 Å². The molecule has 2 aliphatic rings. The monoisotopic (exact) mass is 316 g/mol. The van der Waals surface area contributed by atoms with E-state index in [1.165, 1.54) is 0 Å². The summed E-state index contributed by atoms with van der Waals surface area (Å²) < 4.78 is 21.5. The number of esters is 2. The zero-order valence-corrected chi connectivity index (χ0v) is 12.4. The third kappa shape index (κ3) is 4.17. The smallest absolute Gasteiger partial charge is 0.306 e. The molecule has 2 heterocycles. The Morgan fingerprint density at radius 2 is 1.45 bits per heavy atom. The van der Waals surface area contributed by atoms with Crippen LogP contribution < -0.4 is 0 Å². The van der Waals surface area contributed by atoms with Crippen molar-refractivity contribution in [2.75, 3.05) is 13.2 Å². The SMILES string of the molecule is CCCC(=O)O[C@H]1CO[C@H]2[C@@H]1OC[C@@H]2OC(=O)CCC(=O)O. The molecule has 0 unspecified atom stereocenters. The Morgan fingerprint density at radius 1 is 0.955 bits per heavy atom. The summed E-state index contributed by atoms with van der Waals surface area (Å²) in [5.41, 5.74) is 0. The summed E-state index contributed by atoms with van der Waals surface area (Å²) in [6.07, 6.45) is -1.46. The number of carboxylic acid groups (broad SMARTS) is 1. The van der Waals surface area contributed by atoms with E-state index in [2.05, 4.69) is 0 Å². The van der Waals surface area contributed by atoms with Crippen LogP contribution >= 0.6 is 0 Å². The minimum Gasteiger partial charge on any atom is -0.481 e. The summed E-state index contributed by atoms with van der Waals surface area (Å²) in [4.78, 5) is 33.5. The lowest BCUT2D eigenvalue weighted by Gasteiger charge is -2.17. The van der Waals surface area contributed by atoms with Crippen LogP contribution in [0.1, 0.15) is 32.6 Å². The first-order chi connectivity index (χ1) is 10.5. The molecule has 0 saturated carbocycles. The van der Waals surface area contributed by atoms with E-state index < -0.39 is 36.4 Å². The van der Waals surface area contributed by atoms with Gasteiger partial charge in [0.25, 0.3) is 0 Å². The van der Waals surface area contributed by atoms with Gasteiger partial charge in [0.2, 0.25) is 0 Å². The number of hydrogen-bond acceptors (Lipinski definition) is 7. The van der Waals surface area contributed by atoms with Gasteiger partial charge in [0.15, 0.2) is 12.2 Å². The number of hydrogen-bond donors (Lipinski definition) is 1. The predicted octanol–water partition coefficient (Wildman–Crippen LogP) is 0.272. The molecule has 0 aromatic rings. The minimum atomic E-state index is -1.06. The van der Waals surface area contributed by atoms with Gasteiger partial charge in [0.05, 0.1) is 26.1 Å². The van der Waals surface area contributed by atoms with Crippen molar-refractivity contribution >= 4 is 17.9 Å². The highest BCUT2D eigenvalue weighted by molar-refractivity contribution is 5.76. The highest BCUT2D eigenvalue weighted by Gasteiger charge is 2.51. The lowest BCUT2D eigenvalue weighted by molar-refractivity contribution is -0.157. The third-order valence-corrected chi connectivity index (χ3v) is 3.53. The number of carbonyl (C=O) groups is 3. The highest BCUT2D eigenvalue weighted by atomic mass is 16.7. The molecule has 2 aliphatic heterocycles. The number of fused-ring (bicyclic) bond motifs is 1. The summed E-state index contributed by atoms with van der Waals surface area (Å²) in [5.74, 6) is -1.97. The minimum absolute atomic E-state index is 0.149. The molecule has 0 spiro atoms. The van der Waals surface area contributed by atoms with Gasteiger partial charge in [0, 0.05) is 6.42 Å². The predicted molar refractivity (Wildman–Crippen MR) is 71.0 cm³/mol. The van der Waals surface area contributed by atoms with E-state index in [0.717, 1.165) is 0 Å². The number of ether oxygens (including phenoxy) is 4. The molecular weight excluding hydrogens is 296 g/mol. The molecule has 2 saturated heterocycles. The van der Waals surface area contributed by atoms with Crippen molar-refractivity contribution in [1.29, 1.82) is 0 Å². The van der Waals surface area contributed by atoms with Crippen LogP contribution in [0.3, 0.4) is 0 Å². The first-order valence-corrected chi connectivity index (χ1v) is 7.35. The molecule has 0 radical (unpaired) electrons. The van der Waals surface area contributed by atoms with E-state index in [-0.39, 0.29) is 32.0 Å². The number of carboxylic acids is 1. The maximum Gasteiger partial charge on any atom is 0.306 e. The second-order valence-electron chi connectivity index (χ2n) is 5.30. The molecule has 8 heteroatoms. The number of aliphatic carboxylic acids is 1. The van der Waals surface area contributed by atoms with Crippen molar-refractivity contribution in [2.45, 2.75) is 57.0 Å². The van der Waals surface area contributed by atoms with E-state index >= 15 is 0 Å². The van der Waals surface area contributed by atoms with E-state index in [9.17, 15) is 14.4 Å². The van der Waals surface area contributed by atoms with Crippen molar-refractivity contribution in [1.82, 2.24) is 0 Å². The van der Waals surface area contributed by atoms with Crippen molar-refractivity contribution in [3.05, 3.63) is 0 Å². The van der Waals surface area contributed by atoms with E-state index in [1.807, 2.05) is 6.92 Å². The van der Waals surface area contributed by atoms with Crippen LogP contribution in [0.2, 0.25) is 0 Å². The van der Waals surface area contributed by atoms with Crippen molar-refractivity contribution in [3.8, 4) is 0 Å². The fourth-order valence-corrected chi connectivity index (χ4v) is 2.50. The first-order valence-electron chi connectivity index (χ1n) is 7.35. The van der Waals surface area contributed by atoms with Crippen molar-refractivity contribution in [3.63, 3.8) is 0 Å². The Labute approximate surface area is 127 Å². The summed E-state index contributed by atoms with van der Waals surface area (Å²) in [6.45, 7) is 2.23. The van der Waals surface area contributed by atoms with Gasteiger partial charge >= 0.3 is 17.9 Å². The molecule has 2 rings (SSSR count). The molecule has 8 nitrogen and oxygen atoms in total. The van der Waals surface area contributed by atoms with Gasteiger partial charge in [-0.15, -0.1) is 0 Å². The van der Waals surface area contributed by atoms with Gasteiger partial charge in [-0.05, 0) is 6.42 Å². The fraction of sp³-hybridized carbons (Fsp3) is 0.786. The molecule has 2 fully saturated rings. The fourth-order valence-electron chi connectivity index (χ4n) is 2.50. The Morgan fingerprint density at radius 3 is 1.91 bits per heavy atom. The molecule has 1 N–H and O–H groups in total. The number of carbonyl (C=O) groups excluding carboxylic acids is 2. The maximum atomic E-state index is 11.6. The summed E-state index contributed by atoms with van der Waals surface area (Å²) >= 11 is 0. The van der Waals surface area contributed by atoms with Crippen LogP contribution in [0.4, 0.5) is 0 Å². The van der Waals surface area contributed by atoms with E-state index in [1.54, 1.807) is 0 Å². The van der Waals surface area contributed by atoms with Crippen molar-refractivity contribution < 1.29 is 38.4 Å².